The van der Waals surface area contributed by atoms with Crippen molar-refractivity contribution in [3.8, 4) is 11.4 Å². The van der Waals surface area contributed by atoms with Crippen molar-refractivity contribution in [3.63, 3.8) is 0 Å². The topological polar surface area (TPSA) is 68.0 Å². The number of aromatic nitrogens is 2. The summed E-state index contributed by atoms with van der Waals surface area (Å²) in [4.78, 5) is 16.7. The van der Waals surface area contributed by atoms with E-state index in [1.807, 2.05) is 32.9 Å². The van der Waals surface area contributed by atoms with Crippen molar-refractivity contribution in [2.75, 3.05) is 5.32 Å². The molecular formula is C17H19Cl2N3O2. The molecule has 0 saturated heterocycles. The lowest BCUT2D eigenvalue weighted by Crippen LogP contribution is -2.25. The lowest BCUT2D eigenvalue weighted by atomic mass is 9.97. The molecule has 1 aromatic carbocycles. The van der Waals surface area contributed by atoms with Gasteiger partial charge in [-0.2, -0.15) is 4.98 Å². The number of carbonyl (C=O) groups is 1. The maximum absolute atomic E-state index is 12.3. The first-order valence-corrected chi connectivity index (χ1v) is 8.42. The van der Waals surface area contributed by atoms with Crippen LogP contribution >= 0.6 is 23.2 Å². The molecule has 2 aromatic rings. The second kappa shape index (κ2) is 5.46. The van der Waals surface area contributed by atoms with Gasteiger partial charge in [-0.15, -0.1) is 23.2 Å². The first-order valence-electron chi connectivity index (χ1n) is 7.67. The SMILES string of the molecule is CC(C)(C)c1nc(-c2ccc(NC(=O)[C@]3(C)CC3(Cl)Cl)cc2)no1. The van der Waals surface area contributed by atoms with E-state index in [0.717, 1.165) is 5.56 Å². The normalized spacial score (nSPS) is 22.2. The average molecular weight is 368 g/mol. The molecule has 128 valence electrons. The molecule has 7 heteroatoms. The van der Waals surface area contributed by atoms with E-state index in [0.29, 0.717) is 23.8 Å². The Bertz CT molecular complexity index is 778. The number of hydrogen-bond donors (Lipinski definition) is 1. The number of carbonyl (C=O) groups excluding carboxylic acids is 1. The highest BCUT2D eigenvalue weighted by molar-refractivity contribution is 6.53. The van der Waals surface area contributed by atoms with Crippen LogP contribution in [-0.2, 0) is 10.2 Å². The summed E-state index contributed by atoms with van der Waals surface area (Å²) in [6, 6.07) is 7.24. The van der Waals surface area contributed by atoms with Gasteiger partial charge in [0.2, 0.25) is 17.6 Å². The highest BCUT2D eigenvalue weighted by Crippen LogP contribution is 2.64. The number of nitrogens with one attached hydrogen (secondary N) is 1. The molecule has 24 heavy (non-hydrogen) atoms. The predicted molar refractivity (Wildman–Crippen MR) is 94.2 cm³/mol. The van der Waals surface area contributed by atoms with Crippen LogP contribution in [0.3, 0.4) is 0 Å². The van der Waals surface area contributed by atoms with Gasteiger partial charge in [0.1, 0.15) is 4.33 Å². The number of nitrogens with zero attached hydrogens (tertiary/aromatic N) is 2. The van der Waals surface area contributed by atoms with Crippen LogP contribution in [-0.4, -0.2) is 20.4 Å². The standard InChI is InChI=1S/C17H19Cl2N3O2/c1-15(2,3)14-21-12(22-24-14)10-5-7-11(8-6-10)20-13(23)16(4)9-17(16,18)19/h5-8H,9H2,1-4H3,(H,20,23)/t16-/m0/s1. The quantitative estimate of drug-likeness (QED) is 0.807. The molecule has 0 aliphatic heterocycles. The molecule has 0 unspecified atom stereocenters. The first kappa shape index (κ1) is 17.2. The van der Waals surface area contributed by atoms with Gasteiger partial charge < -0.3 is 9.84 Å². The van der Waals surface area contributed by atoms with E-state index in [1.165, 1.54) is 0 Å². The fraction of sp³-hybridized carbons (Fsp3) is 0.471. The smallest absolute Gasteiger partial charge is 0.233 e. The van der Waals surface area contributed by atoms with Crippen molar-refractivity contribution in [3.05, 3.63) is 30.2 Å². The largest absolute Gasteiger partial charge is 0.338 e. The van der Waals surface area contributed by atoms with Crippen molar-refractivity contribution in [1.29, 1.82) is 0 Å². The van der Waals surface area contributed by atoms with E-state index >= 15 is 0 Å². The summed E-state index contributed by atoms with van der Waals surface area (Å²) in [5.74, 6) is 0.916. The second-order valence-corrected chi connectivity index (χ2v) is 8.90. The summed E-state index contributed by atoms with van der Waals surface area (Å²) in [5.41, 5.74) is 0.535. The number of amides is 1. The Labute approximate surface area is 150 Å². The summed E-state index contributed by atoms with van der Waals surface area (Å²) in [6.07, 6.45) is 0.450. The fourth-order valence-electron chi connectivity index (χ4n) is 2.26. The summed E-state index contributed by atoms with van der Waals surface area (Å²) in [7, 11) is 0. The van der Waals surface area contributed by atoms with Crippen LogP contribution in [0.5, 0.6) is 0 Å². The molecule has 0 spiro atoms. The number of benzene rings is 1. The second-order valence-electron chi connectivity index (χ2n) is 7.42. The highest BCUT2D eigenvalue weighted by Gasteiger charge is 2.67. The molecule has 0 radical (unpaired) electrons. The number of halogens is 2. The molecule has 0 bridgehead atoms. The Morgan fingerprint density at radius 1 is 1.25 bits per heavy atom. The third kappa shape index (κ3) is 3.03. The predicted octanol–water partition coefficient (Wildman–Crippen LogP) is 4.56. The monoisotopic (exact) mass is 367 g/mol. The first-order chi connectivity index (χ1) is 11.0. The summed E-state index contributed by atoms with van der Waals surface area (Å²) in [5, 5.41) is 6.84. The third-order valence-electron chi connectivity index (χ3n) is 4.23. The molecule has 1 aromatic heterocycles. The van der Waals surface area contributed by atoms with Gasteiger partial charge in [-0.3, -0.25) is 4.79 Å². The van der Waals surface area contributed by atoms with E-state index in [-0.39, 0.29) is 11.3 Å². The third-order valence-corrected chi connectivity index (χ3v) is 5.33. The van der Waals surface area contributed by atoms with Gasteiger partial charge in [0.15, 0.2) is 0 Å². The van der Waals surface area contributed by atoms with Gasteiger partial charge in [-0.25, -0.2) is 0 Å². The molecule has 3 rings (SSSR count). The van der Waals surface area contributed by atoms with Crippen LogP contribution in [0.2, 0.25) is 0 Å². The maximum Gasteiger partial charge on any atom is 0.233 e. The molecule has 1 saturated carbocycles. The number of hydrogen-bond acceptors (Lipinski definition) is 4. The van der Waals surface area contributed by atoms with Gasteiger partial charge >= 0.3 is 0 Å². The van der Waals surface area contributed by atoms with Crippen LogP contribution in [0.15, 0.2) is 28.8 Å². The van der Waals surface area contributed by atoms with Gasteiger partial charge in [-0.1, -0.05) is 25.9 Å². The highest BCUT2D eigenvalue weighted by atomic mass is 35.5. The minimum Gasteiger partial charge on any atom is -0.338 e. The Hall–Kier alpha value is -1.59. The van der Waals surface area contributed by atoms with E-state index in [9.17, 15) is 4.79 Å². The molecular weight excluding hydrogens is 349 g/mol. The average Bonchev–Trinajstić information content (AvgIpc) is 2.88. The lowest BCUT2D eigenvalue weighted by molar-refractivity contribution is -0.120. The molecule has 1 atom stereocenters. The van der Waals surface area contributed by atoms with Crippen LogP contribution in [0.4, 0.5) is 5.69 Å². The van der Waals surface area contributed by atoms with Gasteiger partial charge in [-0.05, 0) is 37.6 Å². The molecule has 5 nitrogen and oxygen atoms in total. The molecule has 1 N–H and O–H groups in total. The van der Waals surface area contributed by atoms with Gasteiger partial charge in [0, 0.05) is 16.7 Å². The van der Waals surface area contributed by atoms with Crippen LogP contribution < -0.4 is 5.32 Å². The zero-order valence-corrected chi connectivity index (χ0v) is 15.5. The minimum atomic E-state index is -0.981. The molecule has 1 fully saturated rings. The Balaban J connectivity index is 1.72. The molecule has 1 aliphatic carbocycles. The maximum atomic E-state index is 12.3. The zero-order valence-electron chi connectivity index (χ0n) is 14.0. The fourth-order valence-corrected chi connectivity index (χ4v) is 2.97. The van der Waals surface area contributed by atoms with Crippen molar-refractivity contribution >= 4 is 34.8 Å². The molecule has 1 heterocycles. The van der Waals surface area contributed by atoms with E-state index in [2.05, 4.69) is 15.5 Å². The van der Waals surface area contributed by atoms with E-state index in [1.54, 1.807) is 19.1 Å². The van der Waals surface area contributed by atoms with Crippen molar-refractivity contribution in [1.82, 2.24) is 10.1 Å². The van der Waals surface area contributed by atoms with Crippen LogP contribution in [0.1, 0.15) is 40.0 Å². The van der Waals surface area contributed by atoms with E-state index in [4.69, 9.17) is 27.7 Å². The Morgan fingerprint density at radius 2 is 1.83 bits per heavy atom. The molecule has 1 aliphatic rings. The summed E-state index contributed by atoms with van der Waals surface area (Å²) in [6.45, 7) is 7.78. The van der Waals surface area contributed by atoms with Crippen molar-refractivity contribution in [2.24, 2.45) is 5.41 Å². The van der Waals surface area contributed by atoms with Crippen molar-refractivity contribution in [2.45, 2.75) is 43.9 Å². The Kier molecular flexibility index (Phi) is 3.92. The van der Waals surface area contributed by atoms with E-state index < -0.39 is 9.75 Å². The van der Waals surface area contributed by atoms with Crippen molar-refractivity contribution < 1.29 is 9.32 Å². The van der Waals surface area contributed by atoms with Gasteiger partial charge in [0.05, 0.1) is 5.41 Å². The number of rotatable bonds is 3. The molecule has 1 amide bonds. The zero-order chi connectivity index (χ0) is 17.8. The Morgan fingerprint density at radius 3 is 2.29 bits per heavy atom. The van der Waals surface area contributed by atoms with Gasteiger partial charge in [0.25, 0.3) is 0 Å². The number of alkyl halides is 2. The summed E-state index contributed by atoms with van der Waals surface area (Å²) >= 11 is 12.1. The number of anilines is 1. The minimum absolute atomic E-state index is 0.185. The van der Waals surface area contributed by atoms with Crippen LogP contribution in [0.25, 0.3) is 11.4 Å². The van der Waals surface area contributed by atoms with Crippen LogP contribution in [0, 0.1) is 5.41 Å². The summed E-state index contributed by atoms with van der Waals surface area (Å²) < 4.78 is 4.31. The lowest BCUT2D eigenvalue weighted by Gasteiger charge is -2.12.